The monoisotopic (exact) mass is 408 g/mol. The molecule has 0 aliphatic carbocycles. The lowest BCUT2D eigenvalue weighted by atomic mass is 10.2. The van der Waals surface area contributed by atoms with Crippen molar-refractivity contribution in [2.75, 3.05) is 13.7 Å². The van der Waals surface area contributed by atoms with E-state index in [0.717, 1.165) is 9.35 Å². The zero-order chi connectivity index (χ0) is 17.0. The Labute approximate surface area is 143 Å². The first-order chi connectivity index (χ1) is 10.7. The van der Waals surface area contributed by atoms with Crippen LogP contribution in [0, 0.1) is 0 Å². The number of aromatic nitrogens is 1. The summed E-state index contributed by atoms with van der Waals surface area (Å²) in [6, 6.07) is 4.55. The first-order valence-electron chi connectivity index (χ1n) is 6.38. The van der Waals surface area contributed by atoms with Crippen LogP contribution in [0.2, 0.25) is 0 Å². The maximum atomic E-state index is 12.2. The minimum Gasteiger partial charge on any atom is -0.468 e. The molecule has 0 atom stereocenters. The van der Waals surface area contributed by atoms with Gasteiger partial charge in [0.2, 0.25) is 5.88 Å². The van der Waals surface area contributed by atoms with Crippen molar-refractivity contribution in [1.29, 1.82) is 0 Å². The Morgan fingerprint density at radius 2 is 2.17 bits per heavy atom. The van der Waals surface area contributed by atoms with Crippen LogP contribution in [0.1, 0.15) is 15.2 Å². The molecule has 0 saturated carbocycles. The summed E-state index contributed by atoms with van der Waals surface area (Å²) in [5.41, 5.74) is 0.280. The van der Waals surface area contributed by atoms with Gasteiger partial charge in [0.15, 0.2) is 6.61 Å². The van der Waals surface area contributed by atoms with Gasteiger partial charge in [0.25, 0.3) is 5.91 Å². The lowest BCUT2D eigenvalue weighted by Gasteiger charge is -2.16. The van der Waals surface area contributed by atoms with Gasteiger partial charge in [0.1, 0.15) is 0 Å². The van der Waals surface area contributed by atoms with E-state index in [0.29, 0.717) is 6.54 Å². The van der Waals surface area contributed by atoms with Crippen LogP contribution in [0.5, 0.6) is 5.88 Å². The molecule has 0 spiro atoms. The van der Waals surface area contributed by atoms with Gasteiger partial charge < -0.3 is 9.64 Å². The number of thiophene rings is 1. The van der Waals surface area contributed by atoms with Gasteiger partial charge >= 0.3 is 6.18 Å². The second-order valence-corrected chi connectivity index (χ2v) is 6.59. The van der Waals surface area contributed by atoms with Crippen LogP contribution in [-0.4, -0.2) is 35.6 Å². The van der Waals surface area contributed by atoms with Gasteiger partial charge in [0.05, 0.1) is 12.1 Å². The van der Waals surface area contributed by atoms with Gasteiger partial charge in [-0.25, -0.2) is 4.98 Å². The molecule has 2 heterocycles. The third kappa shape index (κ3) is 5.51. The van der Waals surface area contributed by atoms with Gasteiger partial charge in [-0.1, -0.05) is 0 Å². The topological polar surface area (TPSA) is 42.4 Å². The molecule has 0 unspecified atom stereocenters. The third-order valence-corrected chi connectivity index (χ3v) is 4.41. The van der Waals surface area contributed by atoms with Gasteiger partial charge in [-0.3, -0.25) is 4.79 Å². The summed E-state index contributed by atoms with van der Waals surface area (Å²) >= 11 is 4.86. The summed E-state index contributed by atoms with van der Waals surface area (Å²) in [6.07, 6.45) is -3.22. The molecule has 1 amide bonds. The van der Waals surface area contributed by atoms with E-state index in [4.69, 9.17) is 0 Å². The summed E-state index contributed by atoms with van der Waals surface area (Å²) in [6.45, 7) is -0.984. The number of hydrogen-bond acceptors (Lipinski definition) is 4. The summed E-state index contributed by atoms with van der Waals surface area (Å²) in [7, 11) is 1.64. The Bertz CT molecular complexity index is 673. The molecular weight excluding hydrogens is 397 g/mol. The van der Waals surface area contributed by atoms with Crippen molar-refractivity contribution in [3.8, 4) is 5.88 Å². The van der Waals surface area contributed by atoms with E-state index in [-0.39, 0.29) is 17.4 Å². The van der Waals surface area contributed by atoms with Crippen molar-refractivity contribution >= 4 is 33.2 Å². The lowest BCUT2D eigenvalue weighted by Crippen LogP contribution is -2.26. The first kappa shape index (κ1) is 17.7. The molecule has 0 bridgehead atoms. The molecule has 2 aromatic rings. The van der Waals surface area contributed by atoms with E-state index in [1.54, 1.807) is 7.05 Å². The fourth-order valence-electron chi connectivity index (χ4n) is 1.71. The summed E-state index contributed by atoms with van der Waals surface area (Å²) < 4.78 is 41.6. The molecule has 4 nitrogen and oxygen atoms in total. The molecule has 0 saturated heterocycles. The number of halogens is 4. The van der Waals surface area contributed by atoms with Crippen LogP contribution in [0.4, 0.5) is 13.2 Å². The highest BCUT2D eigenvalue weighted by atomic mass is 79.9. The average Bonchev–Trinajstić information content (AvgIpc) is 2.89. The Morgan fingerprint density at radius 1 is 1.43 bits per heavy atom. The van der Waals surface area contributed by atoms with Crippen LogP contribution in [0.15, 0.2) is 34.2 Å². The molecule has 23 heavy (non-hydrogen) atoms. The molecule has 0 N–H and O–H groups in total. The smallest absolute Gasteiger partial charge is 0.422 e. The number of pyridine rings is 1. The van der Waals surface area contributed by atoms with Crippen molar-refractivity contribution in [2.45, 2.75) is 12.7 Å². The van der Waals surface area contributed by atoms with Gasteiger partial charge in [-0.05, 0) is 28.1 Å². The van der Waals surface area contributed by atoms with Gasteiger partial charge in [-0.2, -0.15) is 13.2 Å². The molecular formula is C14H12BrF3N2O2S. The highest BCUT2D eigenvalue weighted by Gasteiger charge is 2.28. The van der Waals surface area contributed by atoms with Crippen molar-refractivity contribution in [3.05, 3.63) is 44.7 Å². The van der Waals surface area contributed by atoms with Gasteiger partial charge in [0, 0.05) is 34.0 Å². The average molecular weight is 409 g/mol. The molecule has 0 fully saturated rings. The molecule has 0 aliphatic heterocycles. The third-order valence-electron chi connectivity index (χ3n) is 2.73. The summed E-state index contributed by atoms with van der Waals surface area (Å²) in [5, 5.41) is 1.92. The quantitative estimate of drug-likeness (QED) is 0.747. The number of carbonyl (C=O) groups is 1. The predicted octanol–water partition coefficient (Wildman–Crippen LogP) is 4.12. The number of nitrogens with zero attached hydrogens (tertiary/aromatic N) is 2. The van der Waals surface area contributed by atoms with Crippen LogP contribution in [0.3, 0.4) is 0 Å². The number of rotatable bonds is 5. The van der Waals surface area contributed by atoms with E-state index in [1.807, 2.05) is 11.4 Å². The fraction of sp³-hybridized carbons (Fsp3) is 0.286. The molecule has 124 valence electrons. The maximum absolute atomic E-state index is 12.2. The van der Waals surface area contributed by atoms with Crippen LogP contribution in [0.25, 0.3) is 0 Å². The predicted molar refractivity (Wildman–Crippen MR) is 83.6 cm³/mol. The number of amides is 1. The van der Waals surface area contributed by atoms with E-state index >= 15 is 0 Å². The molecule has 9 heteroatoms. The SMILES string of the molecule is CN(Cc1cc(Br)cs1)C(=O)c1ccc(OCC(F)(F)F)nc1. The standard InChI is InChI=1S/C14H12BrF3N2O2S/c1-20(6-11-4-10(15)7-23-11)13(21)9-2-3-12(19-5-9)22-8-14(16,17)18/h2-5,7H,6,8H2,1H3. The molecule has 2 aromatic heterocycles. The second-order valence-electron chi connectivity index (χ2n) is 4.68. The molecule has 2 rings (SSSR count). The number of ether oxygens (including phenoxy) is 1. The maximum Gasteiger partial charge on any atom is 0.422 e. The first-order valence-corrected chi connectivity index (χ1v) is 8.06. The fourth-order valence-corrected chi connectivity index (χ4v) is 3.21. The van der Waals surface area contributed by atoms with Crippen molar-refractivity contribution in [2.24, 2.45) is 0 Å². The van der Waals surface area contributed by atoms with E-state index < -0.39 is 12.8 Å². The van der Waals surface area contributed by atoms with Crippen molar-refractivity contribution in [1.82, 2.24) is 9.88 Å². The highest BCUT2D eigenvalue weighted by molar-refractivity contribution is 9.10. The Balaban J connectivity index is 1.96. The van der Waals surface area contributed by atoms with E-state index in [2.05, 4.69) is 25.7 Å². The lowest BCUT2D eigenvalue weighted by molar-refractivity contribution is -0.154. The Kier molecular flexibility index (Phi) is 5.64. The highest BCUT2D eigenvalue weighted by Crippen LogP contribution is 2.22. The minimum atomic E-state index is -4.43. The Hall–Kier alpha value is -1.61. The summed E-state index contributed by atoms with van der Waals surface area (Å²) in [5.74, 6) is -0.451. The van der Waals surface area contributed by atoms with E-state index in [9.17, 15) is 18.0 Å². The number of hydrogen-bond donors (Lipinski definition) is 0. The Morgan fingerprint density at radius 3 is 2.70 bits per heavy atom. The largest absolute Gasteiger partial charge is 0.468 e. The van der Waals surface area contributed by atoms with Crippen LogP contribution < -0.4 is 4.74 Å². The van der Waals surface area contributed by atoms with Crippen molar-refractivity contribution < 1.29 is 22.7 Å². The minimum absolute atomic E-state index is 0.177. The summed E-state index contributed by atoms with van der Waals surface area (Å²) in [4.78, 5) is 18.5. The molecule has 0 aliphatic rings. The van der Waals surface area contributed by atoms with Crippen molar-refractivity contribution in [3.63, 3.8) is 0 Å². The second kappa shape index (κ2) is 7.31. The zero-order valence-corrected chi connectivity index (χ0v) is 14.3. The van der Waals surface area contributed by atoms with E-state index in [1.165, 1.54) is 34.6 Å². The van der Waals surface area contributed by atoms with Gasteiger partial charge in [-0.15, -0.1) is 11.3 Å². The molecule has 0 aromatic carbocycles. The number of carbonyl (C=O) groups excluding carboxylic acids is 1. The molecule has 0 radical (unpaired) electrons. The normalized spacial score (nSPS) is 11.3. The van der Waals surface area contributed by atoms with Crippen LogP contribution >= 0.6 is 27.3 Å². The van der Waals surface area contributed by atoms with Crippen LogP contribution in [-0.2, 0) is 6.54 Å². The number of alkyl halides is 3. The zero-order valence-electron chi connectivity index (χ0n) is 11.9.